The van der Waals surface area contributed by atoms with Crippen LogP contribution in [0.5, 0.6) is 5.75 Å². The summed E-state index contributed by atoms with van der Waals surface area (Å²) in [6.45, 7) is 2.61. The monoisotopic (exact) mass is 292 g/mol. The van der Waals surface area contributed by atoms with E-state index in [2.05, 4.69) is 26.2 Å². The molecule has 1 heterocycles. The summed E-state index contributed by atoms with van der Waals surface area (Å²) in [6, 6.07) is 13.5. The maximum absolute atomic E-state index is 5.54. The molecule has 2 aromatic rings. The van der Waals surface area contributed by atoms with E-state index in [4.69, 9.17) is 4.74 Å². The van der Waals surface area contributed by atoms with Crippen LogP contribution in [0.2, 0.25) is 0 Å². The molecule has 0 aliphatic rings. The second-order valence-corrected chi connectivity index (χ2v) is 4.21. The molecule has 1 N–H and O–H groups in total. The SMILES string of the molecule is CCOc1ccccc1Nc1cccc(Br)n1. The minimum atomic E-state index is 0.643. The van der Waals surface area contributed by atoms with Crippen LogP contribution in [0.3, 0.4) is 0 Å². The Morgan fingerprint density at radius 1 is 1.18 bits per heavy atom. The number of para-hydroxylation sites is 2. The van der Waals surface area contributed by atoms with Gasteiger partial charge in [-0.3, -0.25) is 0 Å². The molecular weight excluding hydrogens is 280 g/mol. The fourth-order valence-corrected chi connectivity index (χ4v) is 1.81. The number of hydrogen-bond donors (Lipinski definition) is 1. The zero-order valence-corrected chi connectivity index (χ0v) is 11.1. The molecule has 0 atom stereocenters. The minimum Gasteiger partial charge on any atom is -0.492 e. The molecule has 3 nitrogen and oxygen atoms in total. The standard InChI is InChI=1S/C13H13BrN2O/c1-2-17-11-7-4-3-6-10(11)15-13-9-5-8-12(14)16-13/h3-9H,2H2,1H3,(H,15,16). The third-order valence-corrected chi connectivity index (χ3v) is 2.61. The Kier molecular flexibility index (Phi) is 3.98. The number of benzene rings is 1. The van der Waals surface area contributed by atoms with E-state index in [0.29, 0.717) is 6.61 Å². The van der Waals surface area contributed by atoms with Crippen LogP contribution in [0.4, 0.5) is 11.5 Å². The zero-order valence-electron chi connectivity index (χ0n) is 9.48. The van der Waals surface area contributed by atoms with Gasteiger partial charge < -0.3 is 10.1 Å². The molecule has 0 saturated heterocycles. The van der Waals surface area contributed by atoms with Crippen LogP contribution in [0.1, 0.15) is 6.92 Å². The van der Waals surface area contributed by atoms with Gasteiger partial charge in [0.1, 0.15) is 16.2 Å². The quantitative estimate of drug-likeness (QED) is 0.866. The Bertz CT molecular complexity index is 502. The zero-order chi connectivity index (χ0) is 12.1. The van der Waals surface area contributed by atoms with Crippen LogP contribution in [0, 0.1) is 0 Å². The lowest BCUT2D eigenvalue weighted by Crippen LogP contribution is -1.98. The second-order valence-electron chi connectivity index (χ2n) is 3.40. The fraction of sp³-hybridized carbons (Fsp3) is 0.154. The van der Waals surface area contributed by atoms with Crippen molar-refractivity contribution in [2.45, 2.75) is 6.92 Å². The molecule has 0 bridgehead atoms. The molecule has 2 rings (SSSR count). The van der Waals surface area contributed by atoms with Crippen LogP contribution in [-0.4, -0.2) is 11.6 Å². The predicted octanol–water partition coefficient (Wildman–Crippen LogP) is 3.99. The van der Waals surface area contributed by atoms with Gasteiger partial charge in [-0.25, -0.2) is 4.98 Å². The third-order valence-electron chi connectivity index (χ3n) is 2.16. The molecule has 4 heteroatoms. The fourth-order valence-electron chi connectivity index (χ4n) is 1.47. The first-order valence-corrected chi connectivity index (χ1v) is 6.20. The molecule has 0 unspecified atom stereocenters. The molecule has 0 spiro atoms. The Morgan fingerprint density at radius 3 is 2.76 bits per heavy atom. The summed E-state index contributed by atoms with van der Waals surface area (Å²) in [5, 5.41) is 3.23. The highest BCUT2D eigenvalue weighted by Crippen LogP contribution is 2.26. The van der Waals surface area contributed by atoms with Crippen LogP contribution < -0.4 is 10.1 Å². The molecule has 0 aliphatic heterocycles. The van der Waals surface area contributed by atoms with E-state index < -0.39 is 0 Å². The lowest BCUT2D eigenvalue weighted by atomic mass is 10.3. The van der Waals surface area contributed by atoms with Crippen LogP contribution in [0.25, 0.3) is 0 Å². The number of nitrogens with one attached hydrogen (secondary N) is 1. The highest BCUT2D eigenvalue weighted by atomic mass is 79.9. The van der Waals surface area contributed by atoms with Crippen molar-refractivity contribution in [3.8, 4) is 5.75 Å². The van der Waals surface area contributed by atoms with E-state index in [0.717, 1.165) is 21.9 Å². The van der Waals surface area contributed by atoms with Crippen molar-refractivity contribution in [1.82, 2.24) is 4.98 Å². The Balaban J connectivity index is 2.23. The van der Waals surface area contributed by atoms with Gasteiger partial charge in [-0.1, -0.05) is 18.2 Å². The first-order chi connectivity index (χ1) is 8.29. The number of pyridine rings is 1. The van der Waals surface area contributed by atoms with E-state index in [1.54, 1.807) is 0 Å². The van der Waals surface area contributed by atoms with Crippen LogP contribution in [0.15, 0.2) is 47.1 Å². The summed E-state index contributed by atoms with van der Waals surface area (Å²) in [4.78, 5) is 4.32. The van der Waals surface area contributed by atoms with Gasteiger partial charge in [0.15, 0.2) is 0 Å². The van der Waals surface area contributed by atoms with E-state index in [9.17, 15) is 0 Å². The average Bonchev–Trinajstić information content (AvgIpc) is 2.32. The number of hydrogen-bond acceptors (Lipinski definition) is 3. The maximum atomic E-state index is 5.54. The lowest BCUT2D eigenvalue weighted by molar-refractivity contribution is 0.342. The maximum Gasteiger partial charge on any atom is 0.142 e. The van der Waals surface area contributed by atoms with E-state index >= 15 is 0 Å². The molecule has 1 aromatic carbocycles. The second kappa shape index (κ2) is 5.68. The van der Waals surface area contributed by atoms with Gasteiger partial charge in [-0.05, 0) is 47.1 Å². The lowest BCUT2D eigenvalue weighted by Gasteiger charge is -2.11. The van der Waals surface area contributed by atoms with Gasteiger partial charge in [-0.2, -0.15) is 0 Å². The first-order valence-electron chi connectivity index (χ1n) is 5.41. The number of anilines is 2. The Morgan fingerprint density at radius 2 is 2.00 bits per heavy atom. The number of ether oxygens (including phenoxy) is 1. The number of nitrogens with zero attached hydrogens (tertiary/aromatic N) is 1. The molecule has 0 amide bonds. The summed E-state index contributed by atoms with van der Waals surface area (Å²) in [7, 11) is 0. The van der Waals surface area contributed by atoms with E-state index in [-0.39, 0.29) is 0 Å². The summed E-state index contributed by atoms with van der Waals surface area (Å²) >= 11 is 3.34. The van der Waals surface area contributed by atoms with E-state index in [1.165, 1.54) is 0 Å². The molecule has 88 valence electrons. The highest BCUT2D eigenvalue weighted by molar-refractivity contribution is 9.10. The van der Waals surface area contributed by atoms with Crippen molar-refractivity contribution in [2.24, 2.45) is 0 Å². The highest BCUT2D eigenvalue weighted by Gasteiger charge is 2.03. The Hall–Kier alpha value is -1.55. The largest absolute Gasteiger partial charge is 0.492 e. The van der Waals surface area contributed by atoms with Crippen molar-refractivity contribution in [3.63, 3.8) is 0 Å². The van der Waals surface area contributed by atoms with E-state index in [1.807, 2.05) is 49.4 Å². The van der Waals surface area contributed by atoms with Gasteiger partial charge >= 0.3 is 0 Å². The summed E-state index contributed by atoms with van der Waals surface area (Å²) < 4.78 is 6.34. The van der Waals surface area contributed by atoms with Gasteiger partial charge in [0.25, 0.3) is 0 Å². The molecule has 0 aliphatic carbocycles. The van der Waals surface area contributed by atoms with Crippen molar-refractivity contribution < 1.29 is 4.74 Å². The molecule has 0 radical (unpaired) electrons. The number of aromatic nitrogens is 1. The summed E-state index contributed by atoms with van der Waals surface area (Å²) in [5.74, 6) is 1.61. The minimum absolute atomic E-state index is 0.643. The smallest absolute Gasteiger partial charge is 0.142 e. The number of halogens is 1. The van der Waals surface area contributed by atoms with Crippen molar-refractivity contribution in [1.29, 1.82) is 0 Å². The normalized spacial score (nSPS) is 10.0. The number of rotatable bonds is 4. The molecular formula is C13H13BrN2O. The van der Waals surface area contributed by atoms with Gasteiger partial charge in [0, 0.05) is 0 Å². The van der Waals surface area contributed by atoms with Gasteiger partial charge in [-0.15, -0.1) is 0 Å². The molecule has 0 saturated carbocycles. The van der Waals surface area contributed by atoms with Crippen molar-refractivity contribution in [2.75, 3.05) is 11.9 Å². The predicted molar refractivity (Wildman–Crippen MR) is 72.8 cm³/mol. The van der Waals surface area contributed by atoms with Crippen LogP contribution in [-0.2, 0) is 0 Å². The van der Waals surface area contributed by atoms with Gasteiger partial charge in [0.05, 0.1) is 12.3 Å². The first kappa shape index (κ1) is 11.9. The average molecular weight is 293 g/mol. The molecule has 1 aromatic heterocycles. The van der Waals surface area contributed by atoms with Gasteiger partial charge in [0.2, 0.25) is 0 Å². The molecule has 17 heavy (non-hydrogen) atoms. The van der Waals surface area contributed by atoms with Crippen molar-refractivity contribution in [3.05, 3.63) is 47.1 Å². The molecule has 0 fully saturated rings. The van der Waals surface area contributed by atoms with Crippen molar-refractivity contribution >= 4 is 27.4 Å². The topological polar surface area (TPSA) is 34.1 Å². The summed E-state index contributed by atoms with van der Waals surface area (Å²) in [5.41, 5.74) is 0.917. The summed E-state index contributed by atoms with van der Waals surface area (Å²) in [6.07, 6.45) is 0. The van der Waals surface area contributed by atoms with Crippen LogP contribution >= 0.6 is 15.9 Å². The third kappa shape index (κ3) is 3.20. The Labute approximate surface area is 109 Å².